The second-order valence-electron chi connectivity index (χ2n) is 4.65. The highest BCUT2D eigenvalue weighted by Crippen LogP contribution is 2.38. The first-order chi connectivity index (χ1) is 8.34. The lowest BCUT2D eigenvalue weighted by molar-refractivity contribution is 0.204. The molecule has 3 nitrogen and oxygen atoms in total. The van der Waals surface area contributed by atoms with E-state index in [9.17, 15) is 8.42 Å². The van der Waals surface area contributed by atoms with Gasteiger partial charge in [-0.15, -0.1) is 11.3 Å². The first-order valence-electron chi connectivity index (χ1n) is 5.82. The monoisotopic (exact) mass is 371 g/mol. The van der Waals surface area contributed by atoms with Gasteiger partial charge in [-0.2, -0.15) is 4.31 Å². The first kappa shape index (κ1) is 14.8. The van der Waals surface area contributed by atoms with Crippen molar-refractivity contribution in [1.29, 1.82) is 0 Å². The minimum absolute atomic E-state index is 0.0541. The van der Waals surface area contributed by atoms with Crippen molar-refractivity contribution in [3.63, 3.8) is 0 Å². The second-order valence-corrected chi connectivity index (χ2v) is 9.50. The van der Waals surface area contributed by atoms with E-state index in [0.29, 0.717) is 13.0 Å². The maximum absolute atomic E-state index is 12.6. The number of halogens is 2. The Bertz CT molecular complexity index is 514. The van der Waals surface area contributed by atoms with Crippen molar-refractivity contribution in [3.05, 3.63) is 14.9 Å². The fraction of sp³-hybridized carbons (Fsp3) is 0.636. The highest BCUT2D eigenvalue weighted by Gasteiger charge is 2.36. The van der Waals surface area contributed by atoms with E-state index in [4.69, 9.17) is 11.6 Å². The van der Waals surface area contributed by atoms with Crippen LogP contribution in [0.25, 0.3) is 0 Å². The highest BCUT2D eigenvalue weighted by atomic mass is 79.9. The largest absolute Gasteiger partial charge is 0.253 e. The third-order valence-corrected chi connectivity index (χ3v) is 8.32. The number of rotatable bonds is 2. The Morgan fingerprint density at radius 1 is 1.39 bits per heavy atom. The molecule has 0 aliphatic carbocycles. The molecular weight excluding hydrogens is 358 g/mol. The molecule has 2 heterocycles. The number of thiophene rings is 1. The van der Waals surface area contributed by atoms with E-state index in [1.807, 2.05) is 13.8 Å². The molecule has 1 fully saturated rings. The lowest BCUT2D eigenvalue weighted by Gasteiger charge is -2.37. The van der Waals surface area contributed by atoms with Gasteiger partial charge in [0.25, 0.3) is 10.0 Å². The summed E-state index contributed by atoms with van der Waals surface area (Å²) in [6.07, 6.45) is 2.93. The predicted octanol–water partition coefficient (Wildman–Crippen LogP) is 4.12. The molecule has 2 rings (SSSR count). The molecule has 18 heavy (non-hydrogen) atoms. The number of sulfonamides is 1. The Labute approximate surface area is 125 Å². The van der Waals surface area contributed by atoms with E-state index >= 15 is 0 Å². The maximum Gasteiger partial charge on any atom is 0.253 e. The van der Waals surface area contributed by atoms with Crippen LogP contribution in [0.5, 0.6) is 0 Å². The highest BCUT2D eigenvalue weighted by molar-refractivity contribution is 9.11. The minimum Gasteiger partial charge on any atom is -0.206 e. The third kappa shape index (κ3) is 2.63. The van der Waals surface area contributed by atoms with Gasteiger partial charge >= 0.3 is 0 Å². The van der Waals surface area contributed by atoms with Crippen LogP contribution in [-0.4, -0.2) is 24.8 Å². The normalized spacial score (nSPS) is 26.4. The zero-order valence-corrected chi connectivity index (χ0v) is 14.2. The molecule has 0 aromatic carbocycles. The third-order valence-electron chi connectivity index (χ3n) is 3.27. The molecule has 102 valence electrons. The summed E-state index contributed by atoms with van der Waals surface area (Å²) in [6, 6.07) is 1.64. The van der Waals surface area contributed by atoms with Crippen molar-refractivity contribution < 1.29 is 8.42 Å². The Kier molecular flexibility index (Phi) is 4.44. The molecule has 0 bridgehead atoms. The van der Waals surface area contributed by atoms with Crippen molar-refractivity contribution in [2.24, 2.45) is 0 Å². The average molecular weight is 373 g/mol. The van der Waals surface area contributed by atoms with Gasteiger partial charge in [0.2, 0.25) is 0 Å². The van der Waals surface area contributed by atoms with Crippen molar-refractivity contribution in [2.75, 3.05) is 0 Å². The number of piperidine rings is 1. The second kappa shape index (κ2) is 5.40. The summed E-state index contributed by atoms with van der Waals surface area (Å²) in [7, 11) is -3.42. The van der Waals surface area contributed by atoms with E-state index in [1.165, 1.54) is 17.4 Å². The topological polar surface area (TPSA) is 37.4 Å². The van der Waals surface area contributed by atoms with E-state index in [1.54, 1.807) is 4.31 Å². The zero-order chi connectivity index (χ0) is 13.5. The molecule has 0 N–H and O–H groups in total. The molecule has 1 aromatic heterocycles. The lowest BCUT2D eigenvalue weighted by Crippen LogP contribution is -2.47. The van der Waals surface area contributed by atoms with Gasteiger partial charge in [0.05, 0.1) is 8.81 Å². The van der Waals surface area contributed by atoms with Gasteiger partial charge in [0, 0.05) is 12.1 Å². The molecule has 1 saturated heterocycles. The molecule has 1 aliphatic heterocycles. The minimum atomic E-state index is -3.42. The van der Waals surface area contributed by atoms with Crippen LogP contribution < -0.4 is 0 Å². The van der Waals surface area contributed by atoms with Crippen LogP contribution in [0.2, 0.25) is 5.02 Å². The molecule has 0 radical (unpaired) electrons. The van der Waals surface area contributed by atoms with Gasteiger partial charge in [0.1, 0.15) is 4.21 Å². The zero-order valence-electron chi connectivity index (χ0n) is 10.2. The van der Waals surface area contributed by atoms with Crippen LogP contribution in [0.15, 0.2) is 14.1 Å². The van der Waals surface area contributed by atoms with Crippen LogP contribution in [0.1, 0.15) is 33.1 Å². The van der Waals surface area contributed by atoms with E-state index in [-0.39, 0.29) is 12.1 Å². The van der Waals surface area contributed by atoms with Crippen LogP contribution in [-0.2, 0) is 10.0 Å². The first-order valence-corrected chi connectivity index (χ1v) is 9.25. The summed E-state index contributed by atoms with van der Waals surface area (Å²) in [4.78, 5) is 0. The fourth-order valence-electron chi connectivity index (χ4n) is 2.43. The Balaban J connectivity index is 2.41. The van der Waals surface area contributed by atoms with Gasteiger partial charge in [-0.3, -0.25) is 0 Å². The van der Waals surface area contributed by atoms with Crippen molar-refractivity contribution in [3.8, 4) is 0 Å². The maximum atomic E-state index is 12.6. The van der Waals surface area contributed by atoms with Crippen LogP contribution >= 0.6 is 38.9 Å². The Morgan fingerprint density at radius 3 is 2.39 bits per heavy atom. The van der Waals surface area contributed by atoms with Crippen LogP contribution in [0.3, 0.4) is 0 Å². The summed E-state index contributed by atoms with van der Waals surface area (Å²) >= 11 is 10.4. The quantitative estimate of drug-likeness (QED) is 0.783. The van der Waals surface area contributed by atoms with Gasteiger partial charge in [0.15, 0.2) is 0 Å². The molecule has 2 atom stereocenters. The van der Waals surface area contributed by atoms with Gasteiger partial charge in [-0.05, 0) is 48.7 Å². The van der Waals surface area contributed by atoms with Gasteiger partial charge in [-0.1, -0.05) is 18.0 Å². The van der Waals surface area contributed by atoms with Crippen LogP contribution in [0, 0.1) is 0 Å². The van der Waals surface area contributed by atoms with E-state index < -0.39 is 10.0 Å². The van der Waals surface area contributed by atoms with Crippen molar-refractivity contribution in [2.45, 2.75) is 49.4 Å². The predicted molar refractivity (Wildman–Crippen MR) is 78.8 cm³/mol. The van der Waals surface area contributed by atoms with Gasteiger partial charge in [-0.25, -0.2) is 8.42 Å². The lowest BCUT2D eigenvalue weighted by atomic mass is 10.0. The molecule has 0 spiro atoms. The standard InChI is InChI=1S/C11H15BrClNO2S2/c1-7-4-3-5-8(2)14(7)18(15,16)10-6-9(13)11(12)17-10/h6-8H,3-5H2,1-2H3. The average Bonchev–Trinajstić information content (AvgIpc) is 2.59. The SMILES string of the molecule is CC1CCCC(C)N1S(=O)(=O)c1cc(Cl)c(Br)s1. The summed E-state index contributed by atoms with van der Waals surface area (Å²) in [6.45, 7) is 3.94. The van der Waals surface area contributed by atoms with E-state index in [2.05, 4.69) is 15.9 Å². The molecule has 1 aromatic rings. The summed E-state index contributed by atoms with van der Waals surface area (Å²) in [5.74, 6) is 0. The number of hydrogen-bond acceptors (Lipinski definition) is 3. The fourth-order valence-corrected chi connectivity index (χ4v) is 6.81. The number of nitrogens with zero attached hydrogens (tertiary/aromatic N) is 1. The molecule has 7 heteroatoms. The summed E-state index contributed by atoms with van der Waals surface area (Å²) in [5.41, 5.74) is 0. The molecule has 2 unspecified atom stereocenters. The van der Waals surface area contributed by atoms with Gasteiger partial charge < -0.3 is 0 Å². The molecule has 0 saturated carbocycles. The Morgan fingerprint density at radius 2 is 1.94 bits per heavy atom. The summed E-state index contributed by atoms with van der Waals surface area (Å²) in [5, 5.41) is 0.455. The molecule has 0 amide bonds. The molecule has 1 aliphatic rings. The summed E-state index contributed by atoms with van der Waals surface area (Å²) < 4.78 is 27.9. The smallest absolute Gasteiger partial charge is 0.206 e. The van der Waals surface area contributed by atoms with Crippen molar-refractivity contribution in [1.82, 2.24) is 4.31 Å². The number of hydrogen-bond donors (Lipinski definition) is 0. The van der Waals surface area contributed by atoms with Crippen LogP contribution in [0.4, 0.5) is 0 Å². The molecular formula is C11H15BrClNO2S2. The Hall–Kier alpha value is 0.380. The van der Waals surface area contributed by atoms with E-state index in [0.717, 1.165) is 19.3 Å². The van der Waals surface area contributed by atoms with Crippen molar-refractivity contribution >= 4 is 48.9 Å².